The van der Waals surface area contributed by atoms with Crippen LogP contribution in [0.1, 0.15) is 46.0 Å². The first-order valence-corrected chi connectivity index (χ1v) is 12.1. The van der Waals surface area contributed by atoms with E-state index < -0.39 is 46.7 Å². The molecule has 8 nitrogen and oxygen atoms in total. The molecule has 5 atom stereocenters. The van der Waals surface area contributed by atoms with E-state index in [4.69, 9.17) is 13.5 Å². The summed E-state index contributed by atoms with van der Waals surface area (Å²) in [5.41, 5.74) is 0. The molecule has 0 saturated heterocycles. The van der Waals surface area contributed by atoms with Gasteiger partial charge < -0.3 is 14.9 Å². The molecule has 9 heteroatoms. The van der Waals surface area contributed by atoms with E-state index >= 15 is 0 Å². The lowest BCUT2D eigenvalue weighted by molar-refractivity contribution is -0.146. The molecule has 1 aliphatic heterocycles. The summed E-state index contributed by atoms with van der Waals surface area (Å²) in [7, 11) is -4.76. The smallest absolute Gasteiger partial charge is 0.397 e. The van der Waals surface area contributed by atoms with Crippen molar-refractivity contribution in [2.24, 2.45) is 5.92 Å². The quantitative estimate of drug-likeness (QED) is 0.116. The van der Waals surface area contributed by atoms with Gasteiger partial charge in [-0.05, 0) is 31.4 Å². The van der Waals surface area contributed by atoms with Crippen LogP contribution in [0.2, 0.25) is 0 Å². The van der Waals surface area contributed by atoms with Crippen molar-refractivity contribution >= 4 is 16.4 Å². The van der Waals surface area contributed by atoms with Crippen molar-refractivity contribution in [3.8, 4) is 0 Å². The second-order valence-corrected chi connectivity index (χ2v) is 8.57. The maximum absolute atomic E-state index is 11.3. The summed E-state index contributed by atoms with van der Waals surface area (Å²) in [6.45, 7) is 3.73. The Morgan fingerprint density at radius 2 is 1.91 bits per heavy atom. The Labute approximate surface area is 190 Å². The number of hydrogen-bond acceptors (Lipinski definition) is 7. The zero-order valence-electron chi connectivity index (χ0n) is 18.5. The molecule has 0 aromatic heterocycles. The lowest BCUT2D eigenvalue weighted by Crippen LogP contribution is -2.33. The summed E-state index contributed by atoms with van der Waals surface area (Å²) in [5.74, 6) is -1.30. The Balaban J connectivity index is 2.67. The van der Waals surface area contributed by atoms with E-state index in [0.717, 1.165) is 18.9 Å². The number of carbonyl (C=O) groups is 1. The third-order valence-electron chi connectivity index (χ3n) is 4.83. The number of aliphatic hydroxyl groups is 2. The second-order valence-electron chi connectivity index (χ2n) is 7.52. The minimum atomic E-state index is -4.76. The molecule has 32 heavy (non-hydrogen) atoms. The summed E-state index contributed by atoms with van der Waals surface area (Å²) < 4.78 is 41.2. The normalized spacial score (nSPS) is 22.8. The Morgan fingerprint density at radius 3 is 2.59 bits per heavy atom. The van der Waals surface area contributed by atoms with Gasteiger partial charge >= 0.3 is 16.4 Å². The van der Waals surface area contributed by atoms with E-state index in [1.807, 2.05) is 12.2 Å². The van der Waals surface area contributed by atoms with Gasteiger partial charge in [0, 0.05) is 12.0 Å². The van der Waals surface area contributed by atoms with Crippen LogP contribution in [0.4, 0.5) is 0 Å². The highest BCUT2D eigenvalue weighted by Crippen LogP contribution is 2.20. The predicted molar refractivity (Wildman–Crippen MR) is 122 cm³/mol. The number of ether oxygens (including phenoxy) is 1. The van der Waals surface area contributed by atoms with Gasteiger partial charge in [0.25, 0.3) is 0 Å². The monoisotopic (exact) mass is 470 g/mol. The number of carbonyl (C=O) groups excluding carboxylic acids is 1. The van der Waals surface area contributed by atoms with Crippen molar-refractivity contribution in [1.82, 2.24) is 0 Å². The predicted octanol–water partition coefficient (Wildman–Crippen LogP) is 3.21. The maximum atomic E-state index is 11.3. The zero-order valence-corrected chi connectivity index (χ0v) is 19.3. The molecule has 180 valence electrons. The highest BCUT2D eigenvalue weighted by Gasteiger charge is 2.28. The van der Waals surface area contributed by atoms with Gasteiger partial charge in [0.1, 0.15) is 12.2 Å². The van der Waals surface area contributed by atoms with Crippen LogP contribution in [0.15, 0.2) is 60.8 Å². The number of rotatable bonds is 14. The van der Waals surface area contributed by atoms with E-state index in [2.05, 4.69) is 13.0 Å². The molecule has 0 aliphatic carbocycles. The molecule has 0 radical (unpaired) electrons. The topological polar surface area (TPSA) is 130 Å². The molecule has 0 spiro atoms. The molecule has 0 saturated carbocycles. The minimum Gasteiger partial charge on any atom is -0.452 e. The van der Waals surface area contributed by atoms with Crippen LogP contribution in [0, 0.1) is 5.92 Å². The molecule has 0 unspecified atom stereocenters. The van der Waals surface area contributed by atoms with Gasteiger partial charge in [-0.3, -0.25) is 4.55 Å². The van der Waals surface area contributed by atoms with Gasteiger partial charge in [-0.2, -0.15) is 8.42 Å². The molecule has 1 rings (SSSR count). The van der Waals surface area contributed by atoms with Gasteiger partial charge in [-0.25, -0.2) is 8.98 Å². The highest BCUT2D eigenvalue weighted by molar-refractivity contribution is 7.80. The number of cyclic esters (lactones) is 1. The van der Waals surface area contributed by atoms with Crippen molar-refractivity contribution in [1.29, 1.82) is 0 Å². The Hall–Kier alpha value is -2.04. The highest BCUT2D eigenvalue weighted by atomic mass is 32.3. The van der Waals surface area contributed by atoms with E-state index in [0.29, 0.717) is 0 Å². The van der Waals surface area contributed by atoms with E-state index in [9.17, 15) is 23.4 Å². The van der Waals surface area contributed by atoms with Crippen LogP contribution in [-0.2, 0) is 24.1 Å². The van der Waals surface area contributed by atoms with Gasteiger partial charge in [-0.1, -0.05) is 69.2 Å². The van der Waals surface area contributed by atoms with Gasteiger partial charge in [0.2, 0.25) is 0 Å². The van der Waals surface area contributed by atoms with Crippen LogP contribution >= 0.6 is 0 Å². The Morgan fingerprint density at radius 1 is 1.19 bits per heavy atom. The summed E-state index contributed by atoms with van der Waals surface area (Å²) in [6.07, 6.45) is 16.4. The van der Waals surface area contributed by atoms with Gasteiger partial charge in [-0.15, -0.1) is 0 Å². The van der Waals surface area contributed by atoms with E-state index in [1.54, 1.807) is 19.1 Å². The molecule has 0 aromatic rings. The third kappa shape index (κ3) is 12.1. The fourth-order valence-corrected chi connectivity index (χ4v) is 3.48. The Kier molecular flexibility index (Phi) is 13.0. The number of aliphatic hydroxyl groups excluding tert-OH is 2. The summed E-state index contributed by atoms with van der Waals surface area (Å²) >= 11 is 0. The molecule has 0 aromatic carbocycles. The first kappa shape index (κ1) is 28.0. The molecule has 0 amide bonds. The standard InChI is InChI=1S/C23H34O8S/c1-3-4-5-6-7-8-9-10-11-13-19(24)18(2)21(31-32(27,28)29)14-12-15-22-20(25)16-17-23(26)30-22/h7-13,15-22,24-25H,3-6,14H2,1-2H3,(H,27,28,29)/b8-7+,10-9-,13-11+,15-12+/t18-,19-,20-,21-,22+/m0/s1. The van der Waals surface area contributed by atoms with Gasteiger partial charge in [0.15, 0.2) is 0 Å². The number of allylic oxidation sites excluding steroid dienone is 5. The SMILES string of the molecule is CCCCC/C=C/C=C\C=C\[C@H](O)[C@H](C)[C@H](C/C=C/[C@H]1OC(=O)C=C[C@@H]1O)OS(=O)(=O)O. The van der Waals surface area contributed by atoms with E-state index in [-0.39, 0.29) is 6.42 Å². The van der Waals surface area contributed by atoms with Crippen molar-refractivity contribution in [3.63, 3.8) is 0 Å². The molecular weight excluding hydrogens is 436 g/mol. The van der Waals surface area contributed by atoms with E-state index in [1.165, 1.54) is 37.1 Å². The van der Waals surface area contributed by atoms with Crippen LogP contribution in [0.25, 0.3) is 0 Å². The molecule has 1 heterocycles. The number of hydrogen-bond donors (Lipinski definition) is 3. The average molecular weight is 471 g/mol. The number of esters is 1. The third-order valence-corrected chi connectivity index (χ3v) is 5.33. The second kappa shape index (κ2) is 14.9. The van der Waals surface area contributed by atoms with Crippen molar-refractivity contribution < 1.29 is 36.9 Å². The summed E-state index contributed by atoms with van der Waals surface area (Å²) in [5, 5.41) is 20.2. The fourth-order valence-electron chi connectivity index (χ4n) is 2.92. The molecule has 0 fully saturated rings. The first-order chi connectivity index (χ1) is 15.1. The minimum absolute atomic E-state index is 0.0212. The van der Waals surface area contributed by atoms with Crippen LogP contribution in [0.5, 0.6) is 0 Å². The first-order valence-electron chi connectivity index (χ1n) is 10.7. The Bertz CT molecular complexity index is 810. The average Bonchev–Trinajstić information content (AvgIpc) is 2.72. The summed E-state index contributed by atoms with van der Waals surface area (Å²) in [4.78, 5) is 11.3. The largest absolute Gasteiger partial charge is 0.452 e. The van der Waals surface area contributed by atoms with Crippen molar-refractivity contribution in [2.75, 3.05) is 0 Å². The summed E-state index contributed by atoms with van der Waals surface area (Å²) in [6, 6.07) is 0. The van der Waals surface area contributed by atoms with Crippen molar-refractivity contribution in [3.05, 3.63) is 60.8 Å². The van der Waals surface area contributed by atoms with Crippen LogP contribution < -0.4 is 0 Å². The molecule has 0 bridgehead atoms. The molecule has 1 aliphatic rings. The molecule has 3 N–H and O–H groups in total. The van der Waals surface area contributed by atoms with Crippen LogP contribution in [0.3, 0.4) is 0 Å². The zero-order chi connectivity index (χ0) is 24.0. The van der Waals surface area contributed by atoms with Gasteiger partial charge in [0.05, 0.1) is 12.2 Å². The molecular formula is C23H34O8S. The van der Waals surface area contributed by atoms with Crippen LogP contribution in [-0.4, -0.2) is 53.6 Å². The number of unbranched alkanes of at least 4 members (excludes halogenated alkanes) is 3. The maximum Gasteiger partial charge on any atom is 0.397 e. The lowest BCUT2D eigenvalue weighted by Gasteiger charge is -2.25. The lowest BCUT2D eigenvalue weighted by atomic mass is 9.95. The fraction of sp³-hybridized carbons (Fsp3) is 0.522. The van der Waals surface area contributed by atoms with Crippen molar-refractivity contribution in [2.45, 2.75) is 70.4 Å².